The van der Waals surface area contributed by atoms with Gasteiger partial charge in [0.2, 0.25) is 0 Å². The fourth-order valence-corrected chi connectivity index (χ4v) is 2.02. The van der Waals surface area contributed by atoms with Crippen molar-refractivity contribution in [3.05, 3.63) is 53.0 Å². The second kappa shape index (κ2) is 8.93. The van der Waals surface area contributed by atoms with Crippen molar-refractivity contribution in [2.24, 2.45) is 0 Å². The number of esters is 1. The van der Waals surface area contributed by atoms with Gasteiger partial charge in [-0.2, -0.15) is 0 Å². The smallest absolute Gasteiger partial charge is 0.344 e. The molecular weight excluding hydrogens is 378 g/mol. The molecule has 126 valence electrons. The first-order valence-corrected chi connectivity index (χ1v) is 7.84. The summed E-state index contributed by atoms with van der Waals surface area (Å²) in [4.78, 5) is 23.3. The summed E-state index contributed by atoms with van der Waals surface area (Å²) in [5.41, 5.74) is 0.557. The molecule has 24 heavy (non-hydrogen) atoms. The van der Waals surface area contributed by atoms with Crippen molar-refractivity contribution in [3.8, 4) is 11.5 Å². The van der Waals surface area contributed by atoms with E-state index in [1.54, 1.807) is 48.5 Å². The summed E-state index contributed by atoms with van der Waals surface area (Å²) in [6, 6.07) is 13.9. The minimum atomic E-state index is -0.626. The van der Waals surface area contributed by atoms with Crippen molar-refractivity contribution in [1.29, 1.82) is 0 Å². The minimum absolute atomic E-state index is 0.270. The number of anilines is 1. The van der Waals surface area contributed by atoms with Crippen molar-refractivity contribution in [2.45, 2.75) is 0 Å². The van der Waals surface area contributed by atoms with Crippen LogP contribution in [0.2, 0.25) is 0 Å². The van der Waals surface area contributed by atoms with Gasteiger partial charge in [0, 0.05) is 16.2 Å². The highest BCUT2D eigenvalue weighted by Crippen LogP contribution is 2.17. The van der Waals surface area contributed by atoms with Crippen LogP contribution >= 0.6 is 15.9 Å². The van der Waals surface area contributed by atoms with Crippen LogP contribution in [0.3, 0.4) is 0 Å². The number of benzene rings is 2. The third-order valence-electron chi connectivity index (χ3n) is 2.89. The Hall–Kier alpha value is -2.54. The molecule has 7 heteroatoms. The average molecular weight is 394 g/mol. The lowest BCUT2D eigenvalue weighted by atomic mass is 10.3. The van der Waals surface area contributed by atoms with E-state index < -0.39 is 11.9 Å². The molecule has 0 radical (unpaired) electrons. The van der Waals surface area contributed by atoms with Gasteiger partial charge in [0.05, 0.1) is 7.11 Å². The Labute approximate surface area is 147 Å². The molecule has 0 saturated heterocycles. The minimum Gasteiger partial charge on any atom is -0.497 e. The molecule has 0 fully saturated rings. The van der Waals surface area contributed by atoms with E-state index in [1.165, 1.54) is 7.11 Å². The molecule has 0 atom stereocenters. The Morgan fingerprint density at radius 1 is 1.04 bits per heavy atom. The molecule has 0 aliphatic carbocycles. The van der Waals surface area contributed by atoms with Gasteiger partial charge in [0.15, 0.2) is 13.2 Å². The zero-order valence-electron chi connectivity index (χ0n) is 13.0. The second-order valence-electron chi connectivity index (χ2n) is 4.68. The molecule has 0 bridgehead atoms. The third kappa shape index (κ3) is 5.92. The Morgan fingerprint density at radius 2 is 1.79 bits per heavy atom. The summed E-state index contributed by atoms with van der Waals surface area (Å²) in [5.74, 6) is 0.0858. The largest absolute Gasteiger partial charge is 0.497 e. The second-order valence-corrected chi connectivity index (χ2v) is 5.60. The number of carbonyl (C=O) groups is 2. The zero-order chi connectivity index (χ0) is 17.4. The van der Waals surface area contributed by atoms with Crippen molar-refractivity contribution in [3.63, 3.8) is 0 Å². The van der Waals surface area contributed by atoms with Crippen molar-refractivity contribution < 1.29 is 23.8 Å². The van der Waals surface area contributed by atoms with Gasteiger partial charge in [-0.1, -0.05) is 22.0 Å². The number of methoxy groups -OCH3 is 1. The first-order valence-electron chi connectivity index (χ1n) is 7.05. The normalized spacial score (nSPS) is 9.92. The summed E-state index contributed by atoms with van der Waals surface area (Å²) in [7, 11) is 1.54. The van der Waals surface area contributed by atoms with E-state index >= 15 is 0 Å². The number of rotatable bonds is 7. The Kier molecular flexibility index (Phi) is 6.62. The summed E-state index contributed by atoms with van der Waals surface area (Å²) >= 11 is 3.30. The standard InChI is InChI=1S/C17H16BrNO5/c1-22-15-4-2-3-13(9-15)19-16(20)10-24-17(21)11-23-14-7-5-12(18)6-8-14/h2-9H,10-11H2,1H3,(H,19,20). The lowest BCUT2D eigenvalue weighted by molar-refractivity contribution is -0.149. The number of amides is 1. The van der Waals surface area contributed by atoms with Crippen LogP contribution in [0.5, 0.6) is 11.5 Å². The predicted octanol–water partition coefficient (Wildman–Crippen LogP) is 3.02. The first-order chi connectivity index (χ1) is 11.6. The van der Waals surface area contributed by atoms with Gasteiger partial charge in [0.25, 0.3) is 5.91 Å². The summed E-state index contributed by atoms with van der Waals surface area (Å²) in [5, 5.41) is 2.61. The molecule has 1 N–H and O–H groups in total. The fourth-order valence-electron chi connectivity index (χ4n) is 1.76. The molecule has 2 aromatic carbocycles. The van der Waals surface area contributed by atoms with Crippen molar-refractivity contribution in [1.82, 2.24) is 0 Å². The lowest BCUT2D eigenvalue weighted by Crippen LogP contribution is -2.23. The third-order valence-corrected chi connectivity index (χ3v) is 3.42. The van der Waals surface area contributed by atoms with E-state index in [9.17, 15) is 9.59 Å². The molecule has 0 aliphatic heterocycles. The van der Waals surface area contributed by atoms with Gasteiger partial charge < -0.3 is 19.5 Å². The molecule has 0 aromatic heterocycles. The maximum absolute atomic E-state index is 11.8. The number of ether oxygens (including phenoxy) is 3. The molecule has 0 saturated carbocycles. The topological polar surface area (TPSA) is 73.9 Å². The van der Waals surface area contributed by atoms with E-state index in [2.05, 4.69) is 21.2 Å². The van der Waals surface area contributed by atoms with Gasteiger partial charge in [0.1, 0.15) is 11.5 Å². The van der Waals surface area contributed by atoms with E-state index in [0.29, 0.717) is 17.2 Å². The van der Waals surface area contributed by atoms with E-state index in [-0.39, 0.29) is 13.2 Å². The highest BCUT2D eigenvalue weighted by molar-refractivity contribution is 9.10. The zero-order valence-corrected chi connectivity index (χ0v) is 14.5. The Bertz CT molecular complexity index is 702. The van der Waals surface area contributed by atoms with Gasteiger partial charge >= 0.3 is 5.97 Å². The highest BCUT2D eigenvalue weighted by atomic mass is 79.9. The van der Waals surface area contributed by atoms with Crippen LogP contribution in [-0.2, 0) is 14.3 Å². The number of hydrogen-bond acceptors (Lipinski definition) is 5. The predicted molar refractivity (Wildman–Crippen MR) is 92.2 cm³/mol. The van der Waals surface area contributed by atoms with Crippen molar-refractivity contribution >= 4 is 33.5 Å². The number of halogens is 1. The van der Waals surface area contributed by atoms with E-state index in [0.717, 1.165) is 4.47 Å². The van der Waals surface area contributed by atoms with Crippen LogP contribution in [0.15, 0.2) is 53.0 Å². The van der Waals surface area contributed by atoms with E-state index in [4.69, 9.17) is 14.2 Å². The van der Waals surface area contributed by atoms with Crippen LogP contribution in [0.25, 0.3) is 0 Å². The van der Waals surface area contributed by atoms with Gasteiger partial charge in [-0.15, -0.1) is 0 Å². The summed E-state index contributed by atoms with van der Waals surface area (Å²) in [6.07, 6.45) is 0. The number of hydrogen-bond donors (Lipinski definition) is 1. The van der Waals surface area contributed by atoms with Crippen LogP contribution in [-0.4, -0.2) is 32.2 Å². The van der Waals surface area contributed by atoms with Gasteiger partial charge in [-0.05, 0) is 36.4 Å². The molecule has 1 amide bonds. The molecule has 0 spiro atoms. The van der Waals surface area contributed by atoms with E-state index in [1.807, 2.05) is 0 Å². The molecular formula is C17H16BrNO5. The molecule has 2 aromatic rings. The highest BCUT2D eigenvalue weighted by Gasteiger charge is 2.09. The number of nitrogens with one attached hydrogen (secondary N) is 1. The van der Waals surface area contributed by atoms with Crippen LogP contribution in [0, 0.1) is 0 Å². The Balaban J connectivity index is 1.72. The molecule has 0 aliphatic rings. The number of carbonyl (C=O) groups excluding carboxylic acids is 2. The average Bonchev–Trinajstić information content (AvgIpc) is 2.59. The van der Waals surface area contributed by atoms with Gasteiger partial charge in [-0.3, -0.25) is 4.79 Å². The van der Waals surface area contributed by atoms with Crippen LogP contribution in [0.1, 0.15) is 0 Å². The maximum Gasteiger partial charge on any atom is 0.344 e. The Morgan fingerprint density at radius 3 is 2.50 bits per heavy atom. The quantitative estimate of drug-likeness (QED) is 0.731. The first kappa shape index (κ1) is 17.8. The van der Waals surface area contributed by atoms with Crippen LogP contribution < -0.4 is 14.8 Å². The lowest BCUT2D eigenvalue weighted by Gasteiger charge is -2.08. The van der Waals surface area contributed by atoms with Crippen LogP contribution in [0.4, 0.5) is 5.69 Å². The molecule has 0 heterocycles. The SMILES string of the molecule is COc1cccc(NC(=O)COC(=O)COc2ccc(Br)cc2)c1. The fraction of sp³-hybridized carbons (Fsp3) is 0.176. The molecule has 6 nitrogen and oxygen atoms in total. The molecule has 0 unspecified atom stereocenters. The molecule has 2 rings (SSSR count). The van der Waals surface area contributed by atoms with Crippen molar-refractivity contribution in [2.75, 3.05) is 25.6 Å². The summed E-state index contributed by atoms with van der Waals surface area (Å²) in [6.45, 7) is -0.659. The maximum atomic E-state index is 11.8. The van der Waals surface area contributed by atoms with Gasteiger partial charge in [-0.25, -0.2) is 4.79 Å². The summed E-state index contributed by atoms with van der Waals surface area (Å²) < 4.78 is 16.1. The monoisotopic (exact) mass is 393 g/mol.